The molecule has 0 radical (unpaired) electrons. The van der Waals surface area contributed by atoms with Gasteiger partial charge in [0.1, 0.15) is 18.3 Å². The van der Waals surface area contributed by atoms with Crippen molar-refractivity contribution in [3.05, 3.63) is 58.1 Å². The van der Waals surface area contributed by atoms with Gasteiger partial charge in [-0.3, -0.25) is 13.9 Å². The fourth-order valence-electron chi connectivity index (χ4n) is 3.63. The minimum atomic E-state index is -3.89. The fraction of sp³-hybridized carbons (Fsp3) is 0.440. The zero-order valence-corrected chi connectivity index (χ0v) is 23.5. The first-order valence-electron chi connectivity index (χ1n) is 11.6. The summed E-state index contributed by atoms with van der Waals surface area (Å²) in [4.78, 5) is 28.3. The Morgan fingerprint density at radius 1 is 1.06 bits per heavy atom. The largest absolute Gasteiger partial charge is 0.497 e. The molecule has 8 nitrogen and oxygen atoms in total. The molecule has 0 unspecified atom stereocenters. The van der Waals surface area contributed by atoms with Crippen LogP contribution in [0.1, 0.15) is 39.2 Å². The van der Waals surface area contributed by atoms with Crippen LogP contribution in [0.15, 0.2) is 42.5 Å². The molecule has 2 amide bonds. The normalized spacial score (nSPS) is 13.0. The smallest absolute Gasteiger partial charge is 0.244 e. The van der Waals surface area contributed by atoms with Crippen LogP contribution in [0.4, 0.5) is 5.69 Å². The van der Waals surface area contributed by atoms with Crippen molar-refractivity contribution >= 4 is 50.7 Å². The predicted octanol–water partition coefficient (Wildman–Crippen LogP) is 4.49. The molecule has 2 aromatic rings. The molecule has 2 atom stereocenters. The number of nitrogens with zero attached hydrogens (tertiary/aromatic N) is 2. The lowest BCUT2D eigenvalue weighted by molar-refractivity contribution is -0.140. The third kappa shape index (κ3) is 8.28. The van der Waals surface area contributed by atoms with Crippen molar-refractivity contribution in [2.75, 3.05) is 24.2 Å². The molecular weight excluding hydrogens is 525 g/mol. The number of halogens is 2. The third-order valence-corrected chi connectivity index (χ3v) is 7.27. The predicted molar refractivity (Wildman–Crippen MR) is 144 cm³/mol. The number of nitrogens with one attached hydrogen (secondary N) is 1. The molecule has 198 valence electrons. The molecule has 0 aliphatic heterocycles. The van der Waals surface area contributed by atoms with Gasteiger partial charge in [0.15, 0.2) is 0 Å². The van der Waals surface area contributed by atoms with Crippen molar-refractivity contribution in [1.82, 2.24) is 10.2 Å². The van der Waals surface area contributed by atoms with E-state index in [-0.39, 0.29) is 34.2 Å². The van der Waals surface area contributed by atoms with Gasteiger partial charge >= 0.3 is 0 Å². The molecule has 0 saturated heterocycles. The second kappa shape index (κ2) is 13.2. The van der Waals surface area contributed by atoms with Gasteiger partial charge in [0, 0.05) is 22.6 Å². The fourth-order valence-corrected chi connectivity index (χ4v) is 4.97. The van der Waals surface area contributed by atoms with E-state index in [0.29, 0.717) is 12.2 Å². The summed E-state index contributed by atoms with van der Waals surface area (Å²) < 4.78 is 31.6. The maximum atomic E-state index is 13.7. The Kier molecular flexibility index (Phi) is 10.9. The van der Waals surface area contributed by atoms with Crippen LogP contribution in [0, 0.1) is 0 Å². The number of methoxy groups -OCH3 is 1. The highest BCUT2D eigenvalue weighted by Gasteiger charge is 2.32. The Bertz CT molecular complexity index is 1160. The molecule has 0 aromatic heterocycles. The summed E-state index contributed by atoms with van der Waals surface area (Å²) in [5, 5.41) is 3.39. The van der Waals surface area contributed by atoms with Crippen LogP contribution in [-0.2, 0) is 26.2 Å². The number of ether oxygens (including phenoxy) is 1. The third-order valence-electron chi connectivity index (χ3n) is 5.69. The molecule has 2 aromatic carbocycles. The van der Waals surface area contributed by atoms with Crippen LogP contribution in [0.5, 0.6) is 5.75 Å². The molecule has 1 N–H and O–H groups in total. The first kappa shape index (κ1) is 29.7. The lowest BCUT2D eigenvalue weighted by atomic mass is 10.1. The quantitative estimate of drug-likeness (QED) is 0.414. The van der Waals surface area contributed by atoms with Gasteiger partial charge in [0.2, 0.25) is 21.8 Å². The van der Waals surface area contributed by atoms with Gasteiger partial charge in [0.05, 0.1) is 19.1 Å². The van der Waals surface area contributed by atoms with Crippen molar-refractivity contribution in [3.63, 3.8) is 0 Å². The number of benzene rings is 2. The van der Waals surface area contributed by atoms with Gasteiger partial charge in [-0.05, 0) is 55.7 Å². The number of rotatable bonds is 12. The lowest BCUT2D eigenvalue weighted by Crippen LogP contribution is -2.53. The van der Waals surface area contributed by atoms with Crippen molar-refractivity contribution in [3.8, 4) is 5.75 Å². The molecule has 0 spiro atoms. The topological polar surface area (TPSA) is 96.0 Å². The molecule has 0 saturated carbocycles. The molecule has 36 heavy (non-hydrogen) atoms. The van der Waals surface area contributed by atoms with E-state index in [1.54, 1.807) is 25.1 Å². The number of hydrogen-bond acceptors (Lipinski definition) is 5. The molecule has 0 heterocycles. The second-order valence-corrected chi connectivity index (χ2v) is 11.3. The Morgan fingerprint density at radius 3 is 2.22 bits per heavy atom. The minimum Gasteiger partial charge on any atom is -0.497 e. The van der Waals surface area contributed by atoms with Crippen molar-refractivity contribution in [2.24, 2.45) is 0 Å². The number of hydrogen-bond donors (Lipinski definition) is 1. The highest BCUT2D eigenvalue weighted by Crippen LogP contribution is 2.27. The van der Waals surface area contributed by atoms with Gasteiger partial charge in [0.25, 0.3) is 0 Å². The maximum absolute atomic E-state index is 13.7. The van der Waals surface area contributed by atoms with Crippen molar-refractivity contribution in [1.29, 1.82) is 0 Å². The van der Waals surface area contributed by atoms with Crippen LogP contribution in [0.25, 0.3) is 0 Å². The summed E-state index contributed by atoms with van der Waals surface area (Å²) in [6.07, 6.45) is 2.05. The van der Waals surface area contributed by atoms with Crippen LogP contribution in [0.3, 0.4) is 0 Å². The van der Waals surface area contributed by atoms with E-state index >= 15 is 0 Å². The molecule has 0 fully saturated rings. The van der Waals surface area contributed by atoms with E-state index in [1.165, 1.54) is 30.2 Å². The number of anilines is 1. The number of carbonyl (C=O) groups is 2. The van der Waals surface area contributed by atoms with Crippen LogP contribution in [-0.4, -0.2) is 57.1 Å². The van der Waals surface area contributed by atoms with E-state index < -0.39 is 28.5 Å². The minimum absolute atomic E-state index is 0.0797. The summed E-state index contributed by atoms with van der Waals surface area (Å²) in [5.74, 6) is -0.256. The Morgan fingerprint density at radius 2 is 1.69 bits per heavy atom. The molecule has 2 rings (SSSR count). The van der Waals surface area contributed by atoms with E-state index in [9.17, 15) is 18.0 Å². The van der Waals surface area contributed by atoms with Crippen LogP contribution >= 0.6 is 23.2 Å². The first-order valence-corrected chi connectivity index (χ1v) is 14.2. The van der Waals surface area contributed by atoms with E-state index in [1.807, 2.05) is 19.9 Å². The zero-order chi connectivity index (χ0) is 27.0. The monoisotopic (exact) mass is 557 g/mol. The Labute approximate surface area is 223 Å². The Hall–Kier alpha value is -2.49. The van der Waals surface area contributed by atoms with E-state index in [4.69, 9.17) is 27.9 Å². The molecular formula is C25H33Cl2N3O5S. The standard InChI is InChI=1S/C25H33Cl2N3O5S/c1-6-17(3)28-25(32)23(7-2)29(15-18-9-8-10-22(11-18)35-4)24(31)16-30(36(5,33)34)21-13-19(26)12-20(27)14-21/h8-14,17,23H,6-7,15-16H2,1-5H3,(H,28,32)/t17-,23-/m1/s1. The average Bonchev–Trinajstić information content (AvgIpc) is 2.80. The molecule has 0 aliphatic rings. The summed E-state index contributed by atoms with van der Waals surface area (Å²) in [7, 11) is -2.35. The summed E-state index contributed by atoms with van der Waals surface area (Å²) in [5.41, 5.74) is 0.885. The summed E-state index contributed by atoms with van der Waals surface area (Å²) in [6.45, 7) is 5.18. The van der Waals surface area contributed by atoms with Gasteiger partial charge in [-0.15, -0.1) is 0 Å². The second-order valence-electron chi connectivity index (χ2n) is 8.51. The summed E-state index contributed by atoms with van der Waals surface area (Å²) >= 11 is 12.2. The highest BCUT2D eigenvalue weighted by molar-refractivity contribution is 7.92. The zero-order valence-electron chi connectivity index (χ0n) is 21.1. The lowest BCUT2D eigenvalue weighted by Gasteiger charge is -2.33. The first-order chi connectivity index (χ1) is 16.9. The molecule has 0 aliphatic carbocycles. The number of sulfonamides is 1. The van der Waals surface area contributed by atoms with Crippen molar-refractivity contribution in [2.45, 2.75) is 52.2 Å². The van der Waals surface area contributed by atoms with Gasteiger partial charge in [-0.25, -0.2) is 8.42 Å². The molecule has 0 bridgehead atoms. The Balaban J connectivity index is 2.49. The maximum Gasteiger partial charge on any atom is 0.244 e. The van der Waals surface area contributed by atoms with Gasteiger partial charge < -0.3 is 15.0 Å². The van der Waals surface area contributed by atoms with Gasteiger partial charge in [-0.2, -0.15) is 0 Å². The van der Waals surface area contributed by atoms with Crippen LogP contribution in [0.2, 0.25) is 10.0 Å². The SMILES string of the molecule is CC[C@@H](C)NC(=O)[C@@H](CC)N(Cc1cccc(OC)c1)C(=O)CN(c1cc(Cl)cc(Cl)c1)S(C)(=O)=O. The van der Waals surface area contributed by atoms with Gasteiger partial charge in [-0.1, -0.05) is 49.2 Å². The summed E-state index contributed by atoms with van der Waals surface area (Å²) in [6, 6.07) is 10.5. The average molecular weight is 559 g/mol. The highest BCUT2D eigenvalue weighted by atomic mass is 35.5. The van der Waals surface area contributed by atoms with Crippen molar-refractivity contribution < 1.29 is 22.7 Å². The number of carbonyl (C=O) groups excluding carboxylic acids is 2. The van der Waals surface area contributed by atoms with E-state index in [2.05, 4.69) is 5.32 Å². The number of amides is 2. The van der Waals surface area contributed by atoms with E-state index in [0.717, 1.165) is 22.5 Å². The van der Waals surface area contributed by atoms with Crippen LogP contribution < -0.4 is 14.4 Å². The molecule has 11 heteroatoms.